The minimum atomic E-state index is -0.669. The van der Waals surface area contributed by atoms with Crippen LogP contribution >= 0.6 is 0 Å². The highest BCUT2D eigenvalue weighted by Gasteiger charge is 2.18. The van der Waals surface area contributed by atoms with Gasteiger partial charge < -0.3 is 16.2 Å². The van der Waals surface area contributed by atoms with E-state index in [1.54, 1.807) is 0 Å². The van der Waals surface area contributed by atoms with Crippen LogP contribution in [0, 0.1) is 0 Å². The molecule has 0 aromatic heterocycles. The third-order valence-corrected chi connectivity index (χ3v) is 9.47. The molecule has 0 aliphatic carbocycles. The Morgan fingerprint density at radius 2 is 0.733 bits per heavy atom. The zero-order valence-electron chi connectivity index (χ0n) is 30.4. The van der Waals surface area contributed by atoms with Crippen molar-refractivity contribution in [3.8, 4) is 0 Å². The van der Waals surface area contributed by atoms with Gasteiger partial charge in [0.05, 0.1) is 0 Å². The van der Waals surface area contributed by atoms with E-state index in [-0.39, 0.29) is 0 Å². The van der Waals surface area contributed by atoms with E-state index in [2.05, 4.69) is 6.92 Å². The highest BCUT2D eigenvalue weighted by Crippen LogP contribution is 2.16. The quantitative estimate of drug-likeness (QED) is 0.0402. The lowest BCUT2D eigenvalue weighted by Crippen LogP contribution is -2.33. The van der Waals surface area contributed by atoms with Crippen LogP contribution in [-0.4, -0.2) is 24.5 Å². The lowest BCUT2D eigenvalue weighted by Gasteiger charge is -2.10. The third-order valence-electron chi connectivity index (χ3n) is 9.47. The summed E-state index contributed by atoms with van der Waals surface area (Å²) in [7, 11) is 0. The molecule has 0 rings (SSSR count). The molecular weight excluding hydrogens is 556 g/mol. The maximum absolute atomic E-state index is 12.2. The van der Waals surface area contributed by atoms with Crippen molar-refractivity contribution >= 4 is 11.9 Å². The van der Waals surface area contributed by atoms with Crippen LogP contribution in [0.5, 0.6) is 0 Å². The second kappa shape index (κ2) is 37.5. The van der Waals surface area contributed by atoms with Gasteiger partial charge in [0.15, 0.2) is 0 Å². The second-order valence-electron chi connectivity index (χ2n) is 14.0. The minimum absolute atomic E-state index is 0.325. The number of hydrogen-bond acceptors (Lipinski definition) is 5. The number of nitrogens with two attached hydrogens (primary N) is 2. The molecule has 0 saturated heterocycles. The van der Waals surface area contributed by atoms with Crippen molar-refractivity contribution in [2.24, 2.45) is 11.5 Å². The van der Waals surface area contributed by atoms with Crippen molar-refractivity contribution < 1.29 is 14.3 Å². The lowest BCUT2D eigenvalue weighted by atomic mass is 10.0. The van der Waals surface area contributed by atoms with Crippen LogP contribution < -0.4 is 11.5 Å². The minimum Gasteiger partial charge on any atom is -0.392 e. The van der Waals surface area contributed by atoms with E-state index in [1.807, 2.05) is 0 Å². The summed E-state index contributed by atoms with van der Waals surface area (Å²) >= 11 is 0. The molecule has 0 aromatic carbocycles. The van der Waals surface area contributed by atoms with E-state index in [0.717, 1.165) is 38.6 Å². The van der Waals surface area contributed by atoms with Gasteiger partial charge in [-0.3, -0.25) is 4.79 Å². The van der Waals surface area contributed by atoms with Crippen LogP contribution in [0.2, 0.25) is 0 Å². The Bertz CT molecular complexity index is 612. The summed E-state index contributed by atoms with van der Waals surface area (Å²) in [6.45, 7) is 3.12. The maximum atomic E-state index is 12.2. The van der Waals surface area contributed by atoms with Crippen molar-refractivity contribution in [2.45, 2.75) is 238 Å². The monoisotopic (exact) mass is 637 g/mol. The molecule has 0 aliphatic heterocycles. The molecule has 268 valence electrons. The normalized spacial score (nSPS) is 12.1. The van der Waals surface area contributed by atoms with Crippen molar-refractivity contribution in [3.63, 3.8) is 0 Å². The van der Waals surface area contributed by atoms with Crippen molar-refractivity contribution in [2.75, 3.05) is 6.54 Å². The lowest BCUT2D eigenvalue weighted by molar-refractivity contribution is -0.160. The van der Waals surface area contributed by atoms with Gasteiger partial charge in [-0.25, -0.2) is 4.79 Å². The molecule has 0 radical (unpaired) electrons. The highest BCUT2D eigenvalue weighted by atomic mass is 16.6. The Kier molecular flexibility index (Phi) is 36.7. The van der Waals surface area contributed by atoms with E-state index in [9.17, 15) is 9.59 Å². The Morgan fingerprint density at radius 3 is 1.07 bits per heavy atom. The first-order chi connectivity index (χ1) is 22.1. The fourth-order valence-corrected chi connectivity index (χ4v) is 6.33. The van der Waals surface area contributed by atoms with Crippen LogP contribution in [-0.2, 0) is 14.3 Å². The van der Waals surface area contributed by atoms with Crippen molar-refractivity contribution in [1.29, 1.82) is 0 Å². The molecule has 0 spiro atoms. The first-order valence-electron chi connectivity index (χ1n) is 20.3. The molecule has 4 N–H and O–H groups in total. The van der Waals surface area contributed by atoms with E-state index < -0.39 is 18.0 Å². The van der Waals surface area contributed by atoms with Crippen molar-refractivity contribution in [1.82, 2.24) is 0 Å². The van der Waals surface area contributed by atoms with Crippen LogP contribution in [0.4, 0.5) is 0 Å². The Labute approximate surface area is 281 Å². The molecule has 1 unspecified atom stereocenters. The van der Waals surface area contributed by atoms with Gasteiger partial charge in [0, 0.05) is 6.42 Å². The predicted molar refractivity (Wildman–Crippen MR) is 195 cm³/mol. The summed E-state index contributed by atoms with van der Waals surface area (Å²) in [5.41, 5.74) is 11.5. The van der Waals surface area contributed by atoms with Crippen LogP contribution in [0.25, 0.3) is 0 Å². The Morgan fingerprint density at radius 1 is 0.444 bits per heavy atom. The van der Waals surface area contributed by atoms with Crippen LogP contribution in [0.1, 0.15) is 232 Å². The molecule has 45 heavy (non-hydrogen) atoms. The third kappa shape index (κ3) is 35.8. The Balaban J connectivity index is 3.37. The molecule has 0 amide bonds. The molecule has 5 heteroatoms. The maximum Gasteiger partial charge on any atom is 0.330 e. The van der Waals surface area contributed by atoms with Gasteiger partial charge in [-0.2, -0.15) is 0 Å². The first kappa shape index (κ1) is 44.1. The average Bonchev–Trinajstić information content (AvgIpc) is 3.03. The van der Waals surface area contributed by atoms with E-state index >= 15 is 0 Å². The SMILES string of the molecule is CCCCCCCCCCCCCCCCCCC(N)C(=O)OC(=O)CCCCCCCCCCCCCCCCCCCN. The summed E-state index contributed by atoms with van der Waals surface area (Å²) < 4.78 is 5.02. The zero-order valence-corrected chi connectivity index (χ0v) is 30.4. The largest absolute Gasteiger partial charge is 0.392 e. The van der Waals surface area contributed by atoms with Crippen LogP contribution in [0.3, 0.4) is 0 Å². The molecule has 1 atom stereocenters. The molecule has 0 aliphatic rings. The van der Waals surface area contributed by atoms with E-state index in [1.165, 1.54) is 180 Å². The molecular formula is C40H80N2O3. The summed E-state index contributed by atoms with van der Waals surface area (Å²) in [5, 5.41) is 0. The summed E-state index contributed by atoms with van der Waals surface area (Å²) in [6.07, 6.45) is 43.9. The summed E-state index contributed by atoms with van der Waals surface area (Å²) in [6, 6.07) is -0.669. The van der Waals surface area contributed by atoms with E-state index in [0.29, 0.717) is 12.8 Å². The number of carbonyl (C=O) groups excluding carboxylic acids is 2. The highest BCUT2D eigenvalue weighted by molar-refractivity contribution is 5.88. The Hall–Kier alpha value is -0.940. The van der Waals surface area contributed by atoms with Gasteiger partial charge >= 0.3 is 11.9 Å². The smallest absolute Gasteiger partial charge is 0.330 e. The van der Waals surface area contributed by atoms with E-state index in [4.69, 9.17) is 16.2 Å². The molecule has 0 fully saturated rings. The van der Waals surface area contributed by atoms with Gasteiger partial charge in [-0.1, -0.05) is 206 Å². The summed E-state index contributed by atoms with van der Waals surface area (Å²) in [4.78, 5) is 24.2. The number of ether oxygens (including phenoxy) is 1. The fraction of sp³-hybridized carbons (Fsp3) is 0.950. The second-order valence-corrected chi connectivity index (χ2v) is 14.0. The number of unbranched alkanes of at least 4 members (excludes halogenated alkanes) is 31. The number of rotatable bonds is 37. The zero-order chi connectivity index (χ0) is 32.9. The standard InChI is InChI=1S/C40H80N2O3/c1-2-3-4-5-6-7-8-9-10-14-17-20-23-26-29-32-35-38(42)40(44)45-39(43)36-33-30-27-24-21-18-15-12-11-13-16-19-22-25-28-31-34-37-41/h38H,2-37,41-42H2,1H3. The fourth-order valence-electron chi connectivity index (χ4n) is 6.33. The summed E-state index contributed by atoms with van der Waals surface area (Å²) in [5.74, 6) is -0.951. The molecule has 0 bridgehead atoms. The van der Waals surface area contributed by atoms with Gasteiger partial charge in [0.1, 0.15) is 6.04 Å². The molecule has 0 saturated carbocycles. The first-order valence-corrected chi connectivity index (χ1v) is 20.3. The topological polar surface area (TPSA) is 95.4 Å². The molecule has 0 aromatic rings. The van der Waals surface area contributed by atoms with Gasteiger partial charge in [0.2, 0.25) is 0 Å². The average molecular weight is 637 g/mol. The number of carbonyl (C=O) groups is 2. The van der Waals surface area contributed by atoms with Gasteiger partial charge in [0.25, 0.3) is 0 Å². The van der Waals surface area contributed by atoms with Gasteiger partial charge in [-0.05, 0) is 25.8 Å². The van der Waals surface area contributed by atoms with Gasteiger partial charge in [-0.15, -0.1) is 0 Å². The molecule has 5 nitrogen and oxygen atoms in total. The van der Waals surface area contributed by atoms with Crippen LogP contribution in [0.15, 0.2) is 0 Å². The molecule has 0 heterocycles. The predicted octanol–water partition coefficient (Wildman–Crippen LogP) is 12.0. The number of hydrogen-bond donors (Lipinski definition) is 2. The van der Waals surface area contributed by atoms with Crippen molar-refractivity contribution in [3.05, 3.63) is 0 Å². The number of esters is 2.